The zero-order chi connectivity index (χ0) is 5.56. The lowest BCUT2D eigenvalue weighted by Crippen LogP contribution is -2.08. The Morgan fingerprint density at radius 2 is 2.00 bits per heavy atom. The summed E-state index contributed by atoms with van der Waals surface area (Å²) in [6.45, 7) is 0. The van der Waals surface area contributed by atoms with Crippen LogP contribution in [0.25, 0.3) is 0 Å². The minimum atomic E-state index is 0.550. The van der Waals surface area contributed by atoms with Gasteiger partial charge in [-0.25, -0.2) is 0 Å². The smallest absolute Gasteiger partial charge is 0.0367 e. The minimum absolute atomic E-state index is 0.550. The molecule has 0 aromatic carbocycles. The average molecular weight is 131 g/mol. The van der Waals surface area contributed by atoms with E-state index in [-0.39, 0.29) is 0 Å². The first-order valence-electron chi connectivity index (χ1n) is 3.50. The lowest BCUT2D eigenvalue weighted by Gasteiger charge is -2.13. The van der Waals surface area contributed by atoms with Crippen LogP contribution in [-0.2, 0) is 0 Å². The summed E-state index contributed by atoms with van der Waals surface area (Å²) in [5.74, 6) is 1.92. The summed E-state index contributed by atoms with van der Waals surface area (Å²) in [5.41, 5.74) is 0. The first kappa shape index (κ1) is 5.10. The normalized spacial score (nSPS) is 52.9. The summed E-state index contributed by atoms with van der Waals surface area (Å²) in [4.78, 5) is 0. The van der Waals surface area contributed by atoms with Gasteiger partial charge >= 0.3 is 0 Å². The molecule has 0 heterocycles. The van der Waals surface area contributed by atoms with E-state index in [0.717, 1.165) is 11.8 Å². The van der Waals surface area contributed by atoms with Crippen molar-refractivity contribution in [3.63, 3.8) is 0 Å². The number of hydrogen-bond donors (Lipinski definition) is 0. The fourth-order valence-electron chi connectivity index (χ4n) is 2.17. The molecular weight excluding hydrogens is 120 g/mol. The highest BCUT2D eigenvalue weighted by Crippen LogP contribution is 2.46. The van der Waals surface area contributed by atoms with E-state index < -0.39 is 0 Å². The van der Waals surface area contributed by atoms with Gasteiger partial charge in [0.2, 0.25) is 0 Å². The Kier molecular flexibility index (Phi) is 1.04. The van der Waals surface area contributed by atoms with Crippen molar-refractivity contribution in [1.82, 2.24) is 0 Å². The molecule has 2 aliphatic rings. The Balaban J connectivity index is 2.11. The second-order valence-corrected chi connectivity index (χ2v) is 3.75. The van der Waals surface area contributed by atoms with E-state index in [0.29, 0.717) is 5.38 Å². The largest absolute Gasteiger partial charge is 0.123 e. The van der Waals surface area contributed by atoms with Crippen molar-refractivity contribution in [2.45, 2.75) is 31.1 Å². The second-order valence-electron chi connectivity index (χ2n) is 3.19. The summed E-state index contributed by atoms with van der Waals surface area (Å²) in [7, 11) is 0. The third-order valence-electron chi connectivity index (χ3n) is 2.65. The van der Waals surface area contributed by atoms with Crippen molar-refractivity contribution >= 4 is 11.6 Å². The van der Waals surface area contributed by atoms with Crippen LogP contribution >= 0.6 is 11.6 Å². The van der Waals surface area contributed by atoms with Gasteiger partial charge in [0.1, 0.15) is 0 Å². The zero-order valence-corrected chi connectivity index (χ0v) is 5.69. The Labute approximate surface area is 55.2 Å². The van der Waals surface area contributed by atoms with Crippen molar-refractivity contribution in [2.24, 2.45) is 11.8 Å². The third kappa shape index (κ3) is 0.589. The van der Waals surface area contributed by atoms with E-state index in [1.54, 1.807) is 0 Å². The van der Waals surface area contributed by atoms with Crippen molar-refractivity contribution < 1.29 is 0 Å². The van der Waals surface area contributed by atoms with Gasteiger partial charge in [-0.2, -0.15) is 0 Å². The SMILES string of the molecule is ClC1C[C@@H]2CC[C@H]1C2. The van der Waals surface area contributed by atoms with Crippen LogP contribution in [0.15, 0.2) is 0 Å². The molecule has 2 bridgehead atoms. The van der Waals surface area contributed by atoms with Gasteiger partial charge in [0.25, 0.3) is 0 Å². The number of fused-ring (bicyclic) bond motifs is 2. The molecule has 2 rings (SSSR count). The Morgan fingerprint density at radius 3 is 2.25 bits per heavy atom. The van der Waals surface area contributed by atoms with E-state index in [1.807, 2.05) is 0 Å². The molecule has 46 valence electrons. The van der Waals surface area contributed by atoms with Crippen LogP contribution in [0.3, 0.4) is 0 Å². The summed E-state index contributed by atoms with van der Waals surface area (Å²) in [5, 5.41) is 0.550. The molecule has 0 aromatic heterocycles. The molecule has 1 heteroatoms. The monoisotopic (exact) mass is 130 g/mol. The van der Waals surface area contributed by atoms with Gasteiger partial charge in [-0.05, 0) is 31.1 Å². The molecule has 0 nitrogen and oxygen atoms in total. The highest BCUT2D eigenvalue weighted by molar-refractivity contribution is 6.21. The van der Waals surface area contributed by atoms with E-state index in [4.69, 9.17) is 11.6 Å². The quantitative estimate of drug-likeness (QED) is 0.442. The van der Waals surface area contributed by atoms with E-state index in [9.17, 15) is 0 Å². The molecule has 2 fully saturated rings. The van der Waals surface area contributed by atoms with Crippen LogP contribution < -0.4 is 0 Å². The first-order chi connectivity index (χ1) is 3.86. The number of halogens is 1. The lowest BCUT2D eigenvalue weighted by atomic mass is 10.0. The summed E-state index contributed by atoms with van der Waals surface area (Å²) < 4.78 is 0. The lowest BCUT2D eigenvalue weighted by molar-refractivity contribution is 0.487. The highest BCUT2D eigenvalue weighted by Gasteiger charge is 2.38. The molecule has 3 atom stereocenters. The third-order valence-corrected chi connectivity index (χ3v) is 3.19. The van der Waals surface area contributed by atoms with E-state index >= 15 is 0 Å². The minimum Gasteiger partial charge on any atom is -0.123 e. The van der Waals surface area contributed by atoms with Gasteiger partial charge < -0.3 is 0 Å². The molecule has 0 amide bonds. The molecule has 0 aromatic rings. The fourth-order valence-corrected chi connectivity index (χ4v) is 2.65. The number of rotatable bonds is 0. The molecular formula is C7H11Cl. The number of alkyl halides is 1. The van der Waals surface area contributed by atoms with Crippen molar-refractivity contribution in [3.8, 4) is 0 Å². The zero-order valence-electron chi connectivity index (χ0n) is 4.94. The van der Waals surface area contributed by atoms with Gasteiger partial charge in [-0.3, -0.25) is 0 Å². The first-order valence-corrected chi connectivity index (χ1v) is 3.94. The molecule has 0 aliphatic heterocycles. The van der Waals surface area contributed by atoms with Gasteiger partial charge in [-0.15, -0.1) is 11.6 Å². The van der Waals surface area contributed by atoms with Gasteiger partial charge in [0.05, 0.1) is 0 Å². The molecule has 2 saturated carbocycles. The fraction of sp³-hybridized carbons (Fsp3) is 1.00. The molecule has 0 spiro atoms. The molecule has 1 unspecified atom stereocenters. The van der Waals surface area contributed by atoms with Crippen molar-refractivity contribution in [3.05, 3.63) is 0 Å². The molecule has 0 radical (unpaired) electrons. The molecule has 2 aliphatic carbocycles. The van der Waals surface area contributed by atoms with Crippen LogP contribution in [0, 0.1) is 11.8 Å². The molecule has 8 heavy (non-hydrogen) atoms. The van der Waals surface area contributed by atoms with Crippen LogP contribution in [0.2, 0.25) is 0 Å². The standard InChI is InChI=1S/C7H11Cl/c8-7-4-5-1-2-6(7)3-5/h5-7H,1-4H2/t5-,6+,7?/m1/s1. The Hall–Kier alpha value is 0.290. The molecule has 0 N–H and O–H groups in total. The van der Waals surface area contributed by atoms with Crippen molar-refractivity contribution in [2.75, 3.05) is 0 Å². The Bertz CT molecular complexity index is 98.6. The summed E-state index contributed by atoms with van der Waals surface area (Å²) in [6, 6.07) is 0. The Morgan fingerprint density at radius 1 is 1.12 bits per heavy atom. The van der Waals surface area contributed by atoms with E-state index in [2.05, 4.69) is 0 Å². The van der Waals surface area contributed by atoms with Gasteiger partial charge in [-0.1, -0.05) is 6.42 Å². The van der Waals surface area contributed by atoms with Crippen LogP contribution in [0.1, 0.15) is 25.7 Å². The van der Waals surface area contributed by atoms with Crippen LogP contribution in [0.5, 0.6) is 0 Å². The highest BCUT2D eigenvalue weighted by atomic mass is 35.5. The maximum absolute atomic E-state index is 6.01. The predicted octanol–water partition coefficient (Wildman–Crippen LogP) is 2.41. The molecule has 0 saturated heterocycles. The van der Waals surface area contributed by atoms with Crippen LogP contribution in [-0.4, -0.2) is 5.38 Å². The summed E-state index contributed by atoms with van der Waals surface area (Å²) >= 11 is 6.01. The van der Waals surface area contributed by atoms with E-state index in [1.165, 1.54) is 25.7 Å². The maximum atomic E-state index is 6.01. The summed E-state index contributed by atoms with van der Waals surface area (Å²) in [6.07, 6.45) is 5.63. The average Bonchev–Trinajstić information content (AvgIpc) is 2.23. The van der Waals surface area contributed by atoms with Crippen LogP contribution in [0.4, 0.5) is 0 Å². The second kappa shape index (κ2) is 1.63. The number of hydrogen-bond acceptors (Lipinski definition) is 0. The predicted molar refractivity (Wildman–Crippen MR) is 35.1 cm³/mol. The van der Waals surface area contributed by atoms with Gasteiger partial charge in [0, 0.05) is 5.38 Å². The van der Waals surface area contributed by atoms with Crippen molar-refractivity contribution in [1.29, 1.82) is 0 Å². The van der Waals surface area contributed by atoms with Gasteiger partial charge in [0.15, 0.2) is 0 Å². The maximum Gasteiger partial charge on any atom is 0.0367 e. The topological polar surface area (TPSA) is 0 Å².